The van der Waals surface area contributed by atoms with Crippen molar-refractivity contribution < 1.29 is 14.1 Å². The second-order valence-corrected chi connectivity index (χ2v) is 7.44. The van der Waals surface area contributed by atoms with E-state index in [0.29, 0.717) is 30.9 Å². The Kier molecular flexibility index (Phi) is 4.92. The number of carbonyl (C=O) groups excluding carboxylic acids is 2. The molecule has 142 valence electrons. The van der Waals surface area contributed by atoms with Gasteiger partial charge in [0.2, 0.25) is 0 Å². The van der Waals surface area contributed by atoms with Crippen molar-refractivity contribution in [2.75, 3.05) is 19.6 Å². The van der Waals surface area contributed by atoms with E-state index in [-0.39, 0.29) is 23.8 Å². The molecule has 5 heterocycles. The highest BCUT2D eigenvalue weighted by atomic mass is 16.5. The number of aromatic nitrogens is 2. The minimum Gasteiger partial charge on any atom is -0.361 e. The molecule has 7 heteroatoms. The molecule has 27 heavy (non-hydrogen) atoms. The first-order chi connectivity index (χ1) is 13.2. The van der Waals surface area contributed by atoms with E-state index in [4.69, 9.17) is 4.52 Å². The standard InChI is InChI=1S/C20H24N4O3/c1-2-4-17-9-18(22-27-17)20(26)24-12-14-6-7-16(24)13-23(11-14)19(25)15-5-3-8-21-10-15/h3,5,8-10,14,16H,2,4,6-7,11-13H2,1H3/t14-,16+/m0/s1. The van der Waals surface area contributed by atoms with E-state index >= 15 is 0 Å². The smallest absolute Gasteiger partial charge is 0.276 e. The summed E-state index contributed by atoms with van der Waals surface area (Å²) >= 11 is 0. The maximum atomic E-state index is 13.0. The Hall–Kier alpha value is -2.70. The van der Waals surface area contributed by atoms with Gasteiger partial charge in [0.1, 0.15) is 5.76 Å². The molecule has 3 fully saturated rings. The van der Waals surface area contributed by atoms with E-state index in [1.807, 2.05) is 9.80 Å². The van der Waals surface area contributed by atoms with E-state index in [1.165, 1.54) is 0 Å². The lowest BCUT2D eigenvalue weighted by Crippen LogP contribution is -2.47. The number of carbonyl (C=O) groups is 2. The number of nitrogens with zero attached hydrogens (tertiary/aromatic N) is 4. The monoisotopic (exact) mass is 368 g/mol. The number of amides is 2. The van der Waals surface area contributed by atoms with Crippen molar-refractivity contribution in [1.29, 1.82) is 0 Å². The second kappa shape index (κ2) is 7.50. The van der Waals surface area contributed by atoms with Crippen LogP contribution >= 0.6 is 0 Å². The Balaban J connectivity index is 1.51. The largest absolute Gasteiger partial charge is 0.361 e. The predicted molar refractivity (Wildman–Crippen MR) is 98.2 cm³/mol. The van der Waals surface area contributed by atoms with Crippen LogP contribution in [0, 0.1) is 5.92 Å². The summed E-state index contributed by atoms with van der Waals surface area (Å²) in [5, 5.41) is 3.97. The molecule has 0 saturated carbocycles. The number of rotatable bonds is 4. The molecule has 0 radical (unpaired) electrons. The topological polar surface area (TPSA) is 79.5 Å². The molecule has 3 aliphatic rings. The molecule has 0 unspecified atom stereocenters. The van der Waals surface area contributed by atoms with Gasteiger partial charge < -0.3 is 14.3 Å². The molecular formula is C20H24N4O3. The van der Waals surface area contributed by atoms with Gasteiger partial charge in [-0.3, -0.25) is 14.6 Å². The van der Waals surface area contributed by atoms with E-state index < -0.39 is 0 Å². The van der Waals surface area contributed by atoms with Crippen LogP contribution < -0.4 is 0 Å². The van der Waals surface area contributed by atoms with Crippen molar-refractivity contribution in [1.82, 2.24) is 19.9 Å². The SMILES string of the molecule is CCCc1cc(C(=O)N2C[C@H]3CC[C@@H]2CN(C(=O)c2cccnc2)C3)no1. The molecule has 2 atom stereocenters. The number of piperidine rings is 1. The fourth-order valence-corrected chi connectivity index (χ4v) is 4.09. The minimum absolute atomic E-state index is 0.0130. The van der Waals surface area contributed by atoms with E-state index in [2.05, 4.69) is 17.1 Å². The van der Waals surface area contributed by atoms with Crippen LogP contribution in [0.1, 0.15) is 52.8 Å². The van der Waals surface area contributed by atoms with Gasteiger partial charge >= 0.3 is 0 Å². The van der Waals surface area contributed by atoms with Gasteiger partial charge in [0.15, 0.2) is 5.69 Å². The molecule has 0 aliphatic carbocycles. The van der Waals surface area contributed by atoms with Crippen LogP contribution in [0.5, 0.6) is 0 Å². The molecular weight excluding hydrogens is 344 g/mol. The van der Waals surface area contributed by atoms with Crippen molar-refractivity contribution in [3.63, 3.8) is 0 Å². The molecule has 2 amide bonds. The Morgan fingerprint density at radius 1 is 1.22 bits per heavy atom. The average Bonchev–Trinajstić information content (AvgIpc) is 2.97. The molecule has 0 N–H and O–H groups in total. The quantitative estimate of drug-likeness (QED) is 0.828. The first kappa shape index (κ1) is 17.7. The maximum absolute atomic E-state index is 13.0. The lowest BCUT2D eigenvalue weighted by atomic mass is 9.94. The van der Waals surface area contributed by atoms with Gasteiger partial charge in [-0.05, 0) is 37.3 Å². The van der Waals surface area contributed by atoms with Gasteiger partial charge in [0.05, 0.1) is 5.56 Å². The third-order valence-electron chi connectivity index (χ3n) is 5.44. The third-order valence-corrected chi connectivity index (χ3v) is 5.44. The fourth-order valence-electron chi connectivity index (χ4n) is 4.09. The van der Waals surface area contributed by atoms with Gasteiger partial charge in [-0.25, -0.2) is 0 Å². The molecule has 7 nitrogen and oxygen atoms in total. The average molecular weight is 368 g/mol. The summed E-state index contributed by atoms with van der Waals surface area (Å²) in [5.41, 5.74) is 0.966. The number of hydrogen-bond donors (Lipinski definition) is 0. The van der Waals surface area contributed by atoms with Crippen LogP contribution in [0.25, 0.3) is 0 Å². The molecule has 3 saturated heterocycles. The summed E-state index contributed by atoms with van der Waals surface area (Å²) in [6.45, 7) is 3.95. The van der Waals surface area contributed by atoms with Crippen LogP contribution in [-0.2, 0) is 6.42 Å². The van der Waals surface area contributed by atoms with Crippen LogP contribution in [-0.4, -0.2) is 57.4 Å². The molecule has 2 aromatic heterocycles. The summed E-state index contributed by atoms with van der Waals surface area (Å²) in [6.07, 6.45) is 6.93. The highest BCUT2D eigenvalue weighted by Gasteiger charge is 2.39. The minimum atomic E-state index is -0.0912. The first-order valence-electron chi connectivity index (χ1n) is 9.61. The van der Waals surface area contributed by atoms with E-state index in [9.17, 15) is 9.59 Å². The van der Waals surface area contributed by atoms with Crippen LogP contribution in [0.3, 0.4) is 0 Å². The summed E-state index contributed by atoms with van der Waals surface area (Å²) < 4.78 is 5.28. The number of hydrogen-bond acceptors (Lipinski definition) is 5. The van der Waals surface area contributed by atoms with Gasteiger partial charge in [-0.2, -0.15) is 0 Å². The zero-order chi connectivity index (χ0) is 18.8. The second-order valence-electron chi connectivity index (χ2n) is 7.44. The molecule has 0 spiro atoms. The first-order valence-corrected chi connectivity index (χ1v) is 9.61. The Morgan fingerprint density at radius 2 is 2.11 bits per heavy atom. The van der Waals surface area contributed by atoms with Gasteiger partial charge in [0.25, 0.3) is 11.8 Å². The lowest BCUT2D eigenvalue weighted by molar-refractivity contribution is 0.0564. The van der Waals surface area contributed by atoms with Crippen molar-refractivity contribution >= 4 is 11.8 Å². The molecule has 5 rings (SSSR count). The number of pyridine rings is 1. The van der Waals surface area contributed by atoms with Crippen LogP contribution in [0.4, 0.5) is 0 Å². The predicted octanol–water partition coefficient (Wildman–Crippen LogP) is 2.40. The fraction of sp³-hybridized carbons (Fsp3) is 0.500. The lowest BCUT2D eigenvalue weighted by Gasteiger charge is -2.35. The summed E-state index contributed by atoms with van der Waals surface area (Å²) in [7, 11) is 0. The highest BCUT2D eigenvalue weighted by molar-refractivity contribution is 5.94. The van der Waals surface area contributed by atoms with Crippen molar-refractivity contribution in [2.45, 2.75) is 38.6 Å². The molecule has 2 bridgehead atoms. The molecule has 0 aromatic carbocycles. The van der Waals surface area contributed by atoms with Crippen molar-refractivity contribution in [3.05, 3.63) is 47.6 Å². The van der Waals surface area contributed by atoms with Gasteiger partial charge in [-0.15, -0.1) is 0 Å². The number of fused-ring (bicyclic) bond motifs is 4. The summed E-state index contributed by atoms with van der Waals surface area (Å²) in [6, 6.07) is 5.33. The summed E-state index contributed by atoms with van der Waals surface area (Å²) in [4.78, 5) is 33.7. The Bertz CT molecular complexity index is 820. The Morgan fingerprint density at radius 3 is 2.89 bits per heavy atom. The summed E-state index contributed by atoms with van der Waals surface area (Å²) in [5.74, 6) is 0.928. The van der Waals surface area contributed by atoms with Crippen molar-refractivity contribution in [3.8, 4) is 0 Å². The third kappa shape index (κ3) is 3.59. The number of aryl methyl sites for hydroxylation is 1. The maximum Gasteiger partial charge on any atom is 0.276 e. The normalized spacial score (nSPS) is 22.0. The zero-order valence-electron chi connectivity index (χ0n) is 15.5. The van der Waals surface area contributed by atoms with Gasteiger partial charge in [-0.1, -0.05) is 12.1 Å². The highest BCUT2D eigenvalue weighted by Crippen LogP contribution is 2.30. The van der Waals surface area contributed by atoms with Crippen LogP contribution in [0.2, 0.25) is 0 Å². The Labute approximate surface area is 158 Å². The van der Waals surface area contributed by atoms with Crippen LogP contribution in [0.15, 0.2) is 35.1 Å². The van der Waals surface area contributed by atoms with E-state index in [0.717, 1.165) is 31.4 Å². The zero-order valence-corrected chi connectivity index (χ0v) is 15.5. The molecule has 2 aromatic rings. The van der Waals surface area contributed by atoms with Crippen molar-refractivity contribution in [2.24, 2.45) is 5.92 Å². The van der Waals surface area contributed by atoms with E-state index in [1.54, 1.807) is 30.6 Å². The molecule has 3 aliphatic heterocycles. The van der Waals surface area contributed by atoms with Gasteiger partial charge in [0, 0.05) is 50.6 Å².